The highest BCUT2D eigenvalue weighted by molar-refractivity contribution is 6.00. The molecule has 1 aliphatic rings. The molecule has 1 aliphatic heterocycles. The first kappa shape index (κ1) is 16.1. The summed E-state index contributed by atoms with van der Waals surface area (Å²) in [5.41, 5.74) is 1.47. The van der Waals surface area contributed by atoms with Crippen molar-refractivity contribution >= 4 is 5.91 Å². The number of ether oxygens (including phenoxy) is 2. The Bertz CT molecular complexity index is 983. The first-order valence-electron chi connectivity index (χ1n) is 8.01. The molecule has 0 atom stereocenters. The molecule has 26 heavy (non-hydrogen) atoms. The molecule has 1 N–H and O–H groups in total. The number of fused-ring (bicyclic) bond motifs is 1. The number of halogens is 1. The van der Waals surface area contributed by atoms with E-state index in [2.05, 4.69) is 10.5 Å². The Morgan fingerprint density at radius 3 is 2.85 bits per heavy atom. The monoisotopic (exact) mass is 354 g/mol. The molecule has 4 rings (SSSR count). The largest absolute Gasteiger partial charge is 0.454 e. The van der Waals surface area contributed by atoms with E-state index in [1.807, 2.05) is 6.07 Å². The van der Waals surface area contributed by atoms with Gasteiger partial charge in [-0.1, -0.05) is 23.4 Å². The smallest absolute Gasteiger partial charge is 0.257 e. The molecule has 0 unspecified atom stereocenters. The van der Waals surface area contributed by atoms with Crippen molar-refractivity contribution in [2.75, 3.05) is 6.79 Å². The van der Waals surface area contributed by atoms with Gasteiger partial charge in [-0.25, -0.2) is 4.39 Å². The van der Waals surface area contributed by atoms with Crippen LogP contribution in [0.3, 0.4) is 0 Å². The summed E-state index contributed by atoms with van der Waals surface area (Å²) in [5, 5.41) is 6.66. The summed E-state index contributed by atoms with van der Waals surface area (Å²) in [6.07, 6.45) is 0. The van der Waals surface area contributed by atoms with Gasteiger partial charge in [-0.05, 0) is 36.8 Å². The Morgan fingerprint density at radius 2 is 2.00 bits per heavy atom. The molecule has 0 saturated carbocycles. The van der Waals surface area contributed by atoms with Crippen molar-refractivity contribution in [3.63, 3.8) is 0 Å². The predicted octanol–water partition coefficient (Wildman–Crippen LogP) is 3.45. The van der Waals surface area contributed by atoms with Crippen LogP contribution >= 0.6 is 0 Å². The lowest BCUT2D eigenvalue weighted by Crippen LogP contribution is -2.23. The number of carbonyl (C=O) groups excluding carboxylic acids is 1. The minimum atomic E-state index is -0.467. The number of rotatable bonds is 4. The van der Waals surface area contributed by atoms with Gasteiger partial charge >= 0.3 is 0 Å². The fraction of sp³-hybridized carbons (Fsp3) is 0.158. The Balaban J connectivity index is 1.56. The van der Waals surface area contributed by atoms with Gasteiger partial charge in [-0.15, -0.1) is 0 Å². The number of amides is 1. The summed E-state index contributed by atoms with van der Waals surface area (Å²) in [4.78, 5) is 12.6. The fourth-order valence-corrected chi connectivity index (χ4v) is 2.80. The van der Waals surface area contributed by atoms with E-state index in [-0.39, 0.29) is 36.1 Å². The van der Waals surface area contributed by atoms with Crippen LogP contribution in [0, 0.1) is 12.7 Å². The van der Waals surface area contributed by atoms with Crippen molar-refractivity contribution in [2.45, 2.75) is 13.5 Å². The van der Waals surface area contributed by atoms with Gasteiger partial charge in [0.15, 0.2) is 11.5 Å². The Morgan fingerprint density at radius 1 is 1.19 bits per heavy atom. The standard InChI is InChI=1S/C19H15FN2O4/c1-11-17(18(22-26-11)13-4-2-3-5-14(13)20)19(23)21-9-12-6-7-15-16(8-12)25-10-24-15/h2-8H,9-10H2,1H3,(H,21,23). The quantitative estimate of drug-likeness (QED) is 0.777. The van der Waals surface area contributed by atoms with Crippen molar-refractivity contribution in [2.24, 2.45) is 0 Å². The van der Waals surface area contributed by atoms with Crippen LogP contribution < -0.4 is 14.8 Å². The van der Waals surface area contributed by atoms with E-state index in [0.717, 1.165) is 5.56 Å². The molecule has 0 fully saturated rings. The van der Waals surface area contributed by atoms with Gasteiger partial charge in [0.1, 0.15) is 22.8 Å². The van der Waals surface area contributed by atoms with E-state index in [1.165, 1.54) is 6.07 Å². The van der Waals surface area contributed by atoms with Gasteiger partial charge in [0.05, 0.1) is 0 Å². The molecule has 7 heteroatoms. The Labute approximate surface area is 148 Å². The van der Waals surface area contributed by atoms with Crippen LogP contribution in [0.5, 0.6) is 11.5 Å². The lowest BCUT2D eigenvalue weighted by atomic mass is 10.0. The highest BCUT2D eigenvalue weighted by atomic mass is 19.1. The summed E-state index contributed by atoms with van der Waals surface area (Å²) < 4.78 is 29.8. The zero-order valence-corrected chi connectivity index (χ0v) is 13.9. The van der Waals surface area contributed by atoms with Gasteiger partial charge < -0.3 is 19.3 Å². The van der Waals surface area contributed by atoms with Gasteiger partial charge in [0.2, 0.25) is 6.79 Å². The average molecular weight is 354 g/mol. The highest BCUT2D eigenvalue weighted by Gasteiger charge is 2.23. The van der Waals surface area contributed by atoms with Crippen LogP contribution in [-0.2, 0) is 6.54 Å². The number of carbonyl (C=O) groups is 1. The van der Waals surface area contributed by atoms with Crippen molar-refractivity contribution < 1.29 is 23.2 Å². The summed E-state index contributed by atoms with van der Waals surface area (Å²) in [6.45, 7) is 2.08. The number of hydrogen-bond donors (Lipinski definition) is 1. The zero-order chi connectivity index (χ0) is 18.1. The maximum absolute atomic E-state index is 14.1. The average Bonchev–Trinajstić information content (AvgIpc) is 3.26. The van der Waals surface area contributed by atoms with Crippen LogP contribution in [0.25, 0.3) is 11.3 Å². The molecule has 3 aromatic rings. The van der Waals surface area contributed by atoms with Crippen LogP contribution in [0.4, 0.5) is 4.39 Å². The molecule has 0 bridgehead atoms. The second-order valence-electron chi connectivity index (χ2n) is 5.81. The number of hydrogen-bond acceptors (Lipinski definition) is 5. The summed E-state index contributed by atoms with van der Waals surface area (Å²) in [6, 6.07) is 11.6. The van der Waals surface area contributed by atoms with Crippen molar-refractivity contribution in [1.29, 1.82) is 0 Å². The molecule has 132 valence electrons. The van der Waals surface area contributed by atoms with Gasteiger partial charge in [0, 0.05) is 12.1 Å². The van der Waals surface area contributed by atoms with Gasteiger partial charge in [0.25, 0.3) is 5.91 Å². The van der Waals surface area contributed by atoms with Gasteiger partial charge in [-0.3, -0.25) is 4.79 Å². The van der Waals surface area contributed by atoms with Crippen molar-refractivity contribution in [1.82, 2.24) is 10.5 Å². The highest BCUT2D eigenvalue weighted by Crippen LogP contribution is 2.32. The van der Waals surface area contributed by atoms with E-state index >= 15 is 0 Å². The molecule has 1 aromatic heterocycles. The number of aryl methyl sites for hydroxylation is 1. The van der Waals surface area contributed by atoms with E-state index in [9.17, 15) is 9.18 Å². The van der Waals surface area contributed by atoms with E-state index in [4.69, 9.17) is 14.0 Å². The minimum absolute atomic E-state index is 0.184. The number of nitrogens with zero attached hydrogens (tertiary/aromatic N) is 1. The number of aromatic nitrogens is 1. The molecule has 1 amide bonds. The maximum atomic E-state index is 14.1. The van der Waals surface area contributed by atoms with Crippen LogP contribution in [0.2, 0.25) is 0 Å². The van der Waals surface area contributed by atoms with Crippen molar-refractivity contribution in [3.8, 4) is 22.8 Å². The predicted molar refractivity (Wildman–Crippen MR) is 90.4 cm³/mol. The summed E-state index contributed by atoms with van der Waals surface area (Å²) in [5.74, 6) is 0.790. The van der Waals surface area contributed by atoms with E-state index in [0.29, 0.717) is 17.3 Å². The van der Waals surface area contributed by atoms with Crippen LogP contribution in [0.1, 0.15) is 21.7 Å². The lowest BCUT2D eigenvalue weighted by Gasteiger charge is -2.07. The zero-order valence-electron chi connectivity index (χ0n) is 13.9. The molecule has 0 saturated heterocycles. The second-order valence-corrected chi connectivity index (χ2v) is 5.81. The topological polar surface area (TPSA) is 73.6 Å². The first-order chi connectivity index (χ1) is 12.6. The Kier molecular flexibility index (Phi) is 4.04. The van der Waals surface area contributed by atoms with Gasteiger partial charge in [-0.2, -0.15) is 0 Å². The normalized spacial score (nSPS) is 12.2. The van der Waals surface area contributed by atoms with E-state index < -0.39 is 5.82 Å². The third-order valence-corrected chi connectivity index (χ3v) is 4.11. The molecule has 0 spiro atoms. The number of benzene rings is 2. The third kappa shape index (κ3) is 2.88. The molecule has 2 heterocycles. The second kappa shape index (κ2) is 6.51. The van der Waals surface area contributed by atoms with Crippen LogP contribution in [0.15, 0.2) is 47.0 Å². The molecule has 0 aliphatic carbocycles. The van der Waals surface area contributed by atoms with Crippen LogP contribution in [-0.4, -0.2) is 17.9 Å². The lowest BCUT2D eigenvalue weighted by molar-refractivity contribution is 0.0950. The third-order valence-electron chi connectivity index (χ3n) is 4.11. The summed E-state index contributed by atoms with van der Waals surface area (Å²) in [7, 11) is 0. The summed E-state index contributed by atoms with van der Waals surface area (Å²) >= 11 is 0. The fourth-order valence-electron chi connectivity index (χ4n) is 2.80. The van der Waals surface area contributed by atoms with E-state index in [1.54, 1.807) is 37.3 Å². The molecular formula is C19H15FN2O4. The maximum Gasteiger partial charge on any atom is 0.257 e. The first-order valence-corrected chi connectivity index (χ1v) is 8.01. The SMILES string of the molecule is Cc1onc(-c2ccccc2F)c1C(=O)NCc1ccc2c(c1)OCO2. The Hall–Kier alpha value is -3.35. The minimum Gasteiger partial charge on any atom is -0.454 e. The molecular weight excluding hydrogens is 339 g/mol. The number of nitrogens with one attached hydrogen (secondary N) is 1. The molecule has 6 nitrogen and oxygen atoms in total. The molecule has 2 aromatic carbocycles. The van der Waals surface area contributed by atoms with Crippen molar-refractivity contribution in [3.05, 3.63) is 65.2 Å². The molecule has 0 radical (unpaired) electrons.